The van der Waals surface area contributed by atoms with Crippen LogP contribution in [-0.4, -0.2) is 28.6 Å². The van der Waals surface area contributed by atoms with Crippen molar-refractivity contribution in [3.05, 3.63) is 60.1 Å². The van der Waals surface area contributed by atoms with E-state index in [1.54, 1.807) is 6.26 Å². The molecule has 3 atom stereocenters. The van der Waals surface area contributed by atoms with Gasteiger partial charge < -0.3 is 9.52 Å². The Kier molecular flexibility index (Phi) is 3.80. The van der Waals surface area contributed by atoms with Gasteiger partial charge in [-0.25, -0.2) is 0 Å². The standard InChI is InChI=1S/C17H19NO3/c1-12-14(17(19)20)9-10-18(12)16(15-8-5-11-21-15)13-6-3-2-4-7-13/h2-8,11-12,14,16H,9-10H2,1H3,(H,19,20). The first-order valence-electron chi connectivity index (χ1n) is 7.25. The van der Waals surface area contributed by atoms with E-state index in [-0.39, 0.29) is 18.0 Å². The van der Waals surface area contributed by atoms with Crippen LogP contribution in [0.2, 0.25) is 0 Å². The molecule has 0 spiro atoms. The number of hydrogen-bond donors (Lipinski definition) is 1. The second-order valence-electron chi connectivity index (χ2n) is 5.54. The van der Waals surface area contributed by atoms with Crippen LogP contribution in [0.25, 0.3) is 0 Å². The number of rotatable bonds is 4. The first-order valence-corrected chi connectivity index (χ1v) is 7.25. The molecule has 0 bridgehead atoms. The van der Waals surface area contributed by atoms with Gasteiger partial charge in [0.2, 0.25) is 0 Å². The lowest BCUT2D eigenvalue weighted by atomic mass is 9.99. The molecule has 21 heavy (non-hydrogen) atoms. The predicted molar refractivity (Wildman–Crippen MR) is 78.9 cm³/mol. The van der Waals surface area contributed by atoms with Crippen LogP contribution in [0.15, 0.2) is 53.1 Å². The van der Waals surface area contributed by atoms with E-state index in [1.807, 2.05) is 37.3 Å². The van der Waals surface area contributed by atoms with E-state index < -0.39 is 5.97 Å². The molecule has 1 aromatic heterocycles. The van der Waals surface area contributed by atoms with Crippen LogP contribution < -0.4 is 0 Å². The highest BCUT2D eigenvalue weighted by molar-refractivity contribution is 5.71. The first kappa shape index (κ1) is 13.9. The third kappa shape index (κ3) is 2.59. The second kappa shape index (κ2) is 5.74. The summed E-state index contributed by atoms with van der Waals surface area (Å²) in [5.74, 6) is -0.165. The lowest BCUT2D eigenvalue weighted by Gasteiger charge is -2.31. The summed E-state index contributed by atoms with van der Waals surface area (Å²) in [5.41, 5.74) is 1.13. The number of carbonyl (C=O) groups is 1. The Hall–Kier alpha value is -2.07. The number of aliphatic carboxylic acids is 1. The largest absolute Gasteiger partial charge is 0.481 e. The van der Waals surface area contributed by atoms with Gasteiger partial charge in [0, 0.05) is 12.6 Å². The van der Waals surface area contributed by atoms with Crippen molar-refractivity contribution in [2.75, 3.05) is 6.54 Å². The van der Waals surface area contributed by atoms with E-state index in [9.17, 15) is 9.90 Å². The van der Waals surface area contributed by atoms with Gasteiger partial charge >= 0.3 is 5.97 Å². The van der Waals surface area contributed by atoms with Crippen LogP contribution in [0.3, 0.4) is 0 Å². The van der Waals surface area contributed by atoms with Crippen molar-refractivity contribution in [3.63, 3.8) is 0 Å². The molecular formula is C17H19NO3. The number of nitrogens with zero attached hydrogens (tertiary/aromatic N) is 1. The van der Waals surface area contributed by atoms with Gasteiger partial charge in [-0.1, -0.05) is 30.3 Å². The third-order valence-electron chi connectivity index (χ3n) is 4.38. The molecule has 3 rings (SSSR count). The zero-order chi connectivity index (χ0) is 14.8. The van der Waals surface area contributed by atoms with E-state index in [0.717, 1.165) is 17.9 Å². The van der Waals surface area contributed by atoms with Crippen LogP contribution in [0.1, 0.15) is 30.7 Å². The fourth-order valence-electron chi connectivity index (χ4n) is 3.26. The fourth-order valence-corrected chi connectivity index (χ4v) is 3.26. The van der Waals surface area contributed by atoms with Crippen LogP contribution in [0, 0.1) is 5.92 Å². The molecule has 1 aliphatic heterocycles. The minimum Gasteiger partial charge on any atom is -0.481 e. The number of benzene rings is 1. The number of furan rings is 1. The maximum absolute atomic E-state index is 11.4. The SMILES string of the molecule is CC1C(C(=O)O)CCN1C(c1ccccc1)c1ccco1. The van der Waals surface area contributed by atoms with Gasteiger partial charge in [0.05, 0.1) is 18.2 Å². The maximum atomic E-state index is 11.4. The minimum atomic E-state index is -0.712. The van der Waals surface area contributed by atoms with Crippen LogP contribution in [-0.2, 0) is 4.79 Å². The molecule has 1 aromatic carbocycles. The Balaban J connectivity index is 1.96. The molecule has 0 radical (unpaired) electrons. The van der Waals surface area contributed by atoms with Crippen LogP contribution in [0.4, 0.5) is 0 Å². The topological polar surface area (TPSA) is 53.7 Å². The molecule has 1 N–H and O–H groups in total. The number of hydrogen-bond acceptors (Lipinski definition) is 3. The number of carboxylic acids is 1. The molecule has 4 heteroatoms. The Bertz CT molecular complexity index is 594. The van der Waals surface area contributed by atoms with E-state index in [1.165, 1.54) is 0 Å². The van der Waals surface area contributed by atoms with Crippen LogP contribution >= 0.6 is 0 Å². The predicted octanol–water partition coefficient (Wildman–Crippen LogP) is 3.16. The molecule has 0 aliphatic carbocycles. The summed E-state index contributed by atoms with van der Waals surface area (Å²) in [7, 11) is 0. The monoisotopic (exact) mass is 285 g/mol. The van der Waals surface area contributed by atoms with E-state index >= 15 is 0 Å². The molecular weight excluding hydrogens is 266 g/mol. The van der Waals surface area contributed by atoms with Gasteiger partial charge in [-0.15, -0.1) is 0 Å². The third-order valence-corrected chi connectivity index (χ3v) is 4.38. The van der Waals surface area contributed by atoms with Crippen molar-refractivity contribution >= 4 is 5.97 Å². The highest BCUT2D eigenvalue weighted by atomic mass is 16.4. The molecule has 0 saturated carbocycles. The minimum absolute atomic E-state index is 0.0159. The Morgan fingerprint density at radius 2 is 2.05 bits per heavy atom. The van der Waals surface area contributed by atoms with Crippen molar-refractivity contribution in [2.45, 2.75) is 25.4 Å². The summed E-state index contributed by atoms with van der Waals surface area (Å²) in [4.78, 5) is 13.6. The zero-order valence-corrected chi connectivity index (χ0v) is 12.0. The van der Waals surface area contributed by atoms with Gasteiger partial charge in [-0.2, -0.15) is 0 Å². The van der Waals surface area contributed by atoms with Crippen molar-refractivity contribution in [1.29, 1.82) is 0 Å². The highest BCUT2D eigenvalue weighted by Gasteiger charge is 2.40. The van der Waals surface area contributed by atoms with Crippen LogP contribution in [0.5, 0.6) is 0 Å². The summed E-state index contributed by atoms with van der Waals surface area (Å²) < 4.78 is 5.62. The van der Waals surface area contributed by atoms with Gasteiger partial charge in [-0.05, 0) is 31.0 Å². The molecule has 1 fully saturated rings. The lowest BCUT2D eigenvalue weighted by molar-refractivity contribution is -0.142. The van der Waals surface area contributed by atoms with Crippen molar-refractivity contribution < 1.29 is 14.3 Å². The van der Waals surface area contributed by atoms with Gasteiger partial charge in [0.25, 0.3) is 0 Å². The highest BCUT2D eigenvalue weighted by Crippen LogP contribution is 2.37. The molecule has 110 valence electrons. The Morgan fingerprint density at radius 1 is 1.29 bits per heavy atom. The summed E-state index contributed by atoms with van der Waals surface area (Å²) in [6.07, 6.45) is 2.35. The lowest BCUT2D eigenvalue weighted by Crippen LogP contribution is -2.36. The molecule has 3 unspecified atom stereocenters. The normalized spacial score (nSPS) is 24.0. The fraction of sp³-hybridized carbons (Fsp3) is 0.353. The average molecular weight is 285 g/mol. The summed E-state index contributed by atoms with van der Waals surface area (Å²) >= 11 is 0. The summed E-state index contributed by atoms with van der Waals surface area (Å²) in [6.45, 7) is 2.75. The smallest absolute Gasteiger partial charge is 0.308 e. The van der Waals surface area contributed by atoms with Gasteiger partial charge in [-0.3, -0.25) is 9.69 Å². The average Bonchev–Trinajstić information content (AvgIpc) is 3.12. The Labute approximate surface area is 124 Å². The zero-order valence-electron chi connectivity index (χ0n) is 12.0. The summed E-state index contributed by atoms with van der Waals surface area (Å²) in [5, 5.41) is 9.33. The Morgan fingerprint density at radius 3 is 2.62 bits per heavy atom. The van der Waals surface area contributed by atoms with Crippen molar-refractivity contribution in [3.8, 4) is 0 Å². The molecule has 2 heterocycles. The quantitative estimate of drug-likeness (QED) is 0.937. The van der Waals surface area contributed by atoms with Crippen molar-refractivity contribution in [2.24, 2.45) is 5.92 Å². The maximum Gasteiger partial charge on any atom is 0.308 e. The molecule has 4 nitrogen and oxygen atoms in total. The molecule has 0 amide bonds. The first-order chi connectivity index (χ1) is 10.2. The van der Waals surface area contributed by atoms with Crippen molar-refractivity contribution in [1.82, 2.24) is 4.90 Å². The number of likely N-dealkylation sites (tertiary alicyclic amines) is 1. The van der Waals surface area contributed by atoms with E-state index in [2.05, 4.69) is 17.0 Å². The molecule has 1 saturated heterocycles. The van der Waals surface area contributed by atoms with E-state index in [4.69, 9.17) is 4.42 Å². The van der Waals surface area contributed by atoms with E-state index in [0.29, 0.717) is 6.42 Å². The van der Waals surface area contributed by atoms with Gasteiger partial charge in [0.1, 0.15) is 5.76 Å². The molecule has 2 aromatic rings. The summed E-state index contributed by atoms with van der Waals surface area (Å²) in [6, 6.07) is 13.9. The molecule has 1 aliphatic rings. The van der Waals surface area contributed by atoms with Gasteiger partial charge in [0.15, 0.2) is 0 Å². The number of carboxylic acid groups (broad SMARTS) is 1. The second-order valence-corrected chi connectivity index (χ2v) is 5.54.